The van der Waals surface area contributed by atoms with E-state index in [0.29, 0.717) is 28.6 Å². The van der Waals surface area contributed by atoms with Crippen LogP contribution in [0.4, 0.5) is 8.78 Å². The molecular weight excluding hydrogens is 380 g/mol. The molecule has 0 saturated carbocycles. The Kier molecular flexibility index (Phi) is 5.42. The normalized spacial score (nSPS) is 13.4. The third kappa shape index (κ3) is 3.48. The van der Waals surface area contributed by atoms with Crippen LogP contribution in [-0.2, 0) is 4.79 Å². The number of aromatic hydroxyl groups is 1. The molecule has 0 aliphatic rings. The third-order valence-electron chi connectivity index (χ3n) is 5.40. The number of phenols is 1. The molecule has 3 aromatic rings. The van der Waals surface area contributed by atoms with Crippen molar-refractivity contribution in [3.05, 3.63) is 64.9 Å². The van der Waals surface area contributed by atoms with E-state index in [2.05, 4.69) is 0 Å². The van der Waals surface area contributed by atoms with Crippen LogP contribution in [0.2, 0.25) is 0 Å². The molecule has 5 nitrogen and oxygen atoms in total. The Morgan fingerprint density at radius 1 is 1.10 bits per heavy atom. The van der Waals surface area contributed by atoms with E-state index in [9.17, 15) is 28.6 Å². The van der Waals surface area contributed by atoms with Crippen molar-refractivity contribution in [2.45, 2.75) is 33.1 Å². The third-order valence-corrected chi connectivity index (χ3v) is 5.40. The van der Waals surface area contributed by atoms with E-state index < -0.39 is 29.4 Å². The lowest BCUT2D eigenvalue weighted by atomic mass is 9.84. The van der Waals surface area contributed by atoms with Gasteiger partial charge in [0.15, 0.2) is 11.6 Å². The molecule has 29 heavy (non-hydrogen) atoms. The van der Waals surface area contributed by atoms with E-state index >= 15 is 0 Å². The molecule has 0 spiro atoms. The fourth-order valence-electron chi connectivity index (χ4n) is 3.73. The number of carbonyl (C=O) groups excluding carboxylic acids is 1. The van der Waals surface area contributed by atoms with Gasteiger partial charge in [0.2, 0.25) is 0 Å². The van der Waals surface area contributed by atoms with Gasteiger partial charge in [-0.1, -0.05) is 20.3 Å². The molecular formula is C22H21F2NO4. The van der Waals surface area contributed by atoms with Crippen molar-refractivity contribution in [1.82, 2.24) is 4.57 Å². The zero-order valence-corrected chi connectivity index (χ0v) is 16.2. The number of phenolic OH excluding ortho intramolecular Hbond substituents is 1. The van der Waals surface area contributed by atoms with Crippen molar-refractivity contribution >= 4 is 22.8 Å². The molecule has 0 radical (unpaired) electrons. The first-order valence-electron chi connectivity index (χ1n) is 9.23. The van der Waals surface area contributed by atoms with Crippen molar-refractivity contribution in [2.24, 2.45) is 5.92 Å². The zero-order chi connectivity index (χ0) is 21.5. The lowest BCUT2D eigenvalue weighted by Crippen LogP contribution is -2.21. The molecule has 1 heterocycles. The van der Waals surface area contributed by atoms with Crippen molar-refractivity contribution in [1.29, 1.82) is 0 Å². The maximum absolute atomic E-state index is 13.7. The second-order valence-corrected chi connectivity index (χ2v) is 7.17. The number of nitrogens with zero attached hydrogens (tertiary/aromatic N) is 1. The second-order valence-electron chi connectivity index (χ2n) is 7.17. The Morgan fingerprint density at radius 3 is 2.38 bits per heavy atom. The van der Waals surface area contributed by atoms with Crippen LogP contribution in [0.1, 0.15) is 47.8 Å². The van der Waals surface area contributed by atoms with Gasteiger partial charge in [-0.15, -0.1) is 0 Å². The summed E-state index contributed by atoms with van der Waals surface area (Å²) >= 11 is 0. The summed E-state index contributed by atoms with van der Waals surface area (Å²) in [4.78, 5) is 25.2. The molecule has 3 rings (SSSR count). The summed E-state index contributed by atoms with van der Waals surface area (Å²) in [6.45, 7) is 5.29. The number of aromatic nitrogens is 1. The van der Waals surface area contributed by atoms with E-state index in [1.54, 1.807) is 13.8 Å². The Hall–Kier alpha value is -3.22. The molecule has 0 aliphatic carbocycles. The van der Waals surface area contributed by atoms with Crippen molar-refractivity contribution in [3.63, 3.8) is 0 Å². The quantitative estimate of drug-likeness (QED) is 0.641. The maximum Gasteiger partial charge on any atom is 0.311 e. The highest BCUT2D eigenvalue weighted by Crippen LogP contribution is 2.38. The monoisotopic (exact) mass is 401 g/mol. The molecule has 0 aliphatic heterocycles. The summed E-state index contributed by atoms with van der Waals surface area (Å²) in [6.07, 6.45) is 0.596. The zero-order valence-electron chi connectivity index (χ0n) is 16.2. The number of fused-ring (bicyclic) bond motifs is 1. The van der Waals surface area contributed by atoms with Gasteiger partial charge in [-0.05, 0) is 54.8 Å². The molecule has 2 aromatic carbocycles. The van der Waals surface area contributed by atoms with Gasteiger partial charge in [0.1, 0.15) is 5.75 Å². The number of benzene rings is 2. The number of hydrogen-bond acceptors (Lipinski definition) is 3. The van der Waals surface area contributed by atoms with E-state index in [4.69, 9.17) is 0 Å². The highest BCUT2D eigenvalue weighted by molar-refractivity contribution is 6.05. The van der Waals surface area contributed by atoms with E-state index in [0.717, 1.165) is 12.1 Å². The molecule has 2 atom stereocenters. The van der Waals surface area contributed by atoms with Crippen molar-refractivity contribution in [2.75, 3.05) is 0 Å². The van der Waals surface area contributed by atoms with Crippen LogP contribution in [0.5, 0.6) is 5.75 Å². The Balaban J connectivity index is 2.31. The topological polar surface area (TPSA) is 79.5 Å². The van der Waals surface area contributed by atoms with Crippen LogP contribution in [0, 0.1) is 24.5 Å². The van der Waals surface area contributed by atoms with Crippen LogP contribution in [0.25, 0.3) is 10.9 Å². The van der Waals surface area contributed by atoms with Crippen molar-refractivity contribution < 1.29 is 28.6 Å². The molecule has 1 aromatic heterocycles. The molecule has 7 heteroatoms. The van der Waals surface area contributed by atoms with Gasteiger partial charge >= 0.3 is 5.97 Å². The van der Waals surface area contributed by atoms with Gasteiger partial charge in [-0.2, -0.15) is 0 Å². The number of carbonyl (C=O) groups is 2. The minimum Gasteiger partial charge on any atom is -0.508 e. The van der Waals surface area contributed by atoms with E-state index in [1.807, 2.05) is 6.92 Å². The summed E-state index contributed by atoms with van der Waals surface area (Å²) < 4.78 is 28.2. The highest BCUT2D eigenvalue weighted by Gasteiger charge is 2.32. The van der Waals surface area contributed by atoms with Crippen molar-refractivity contribution in [3.8, 4) is 5.75 Å². The number of aliphatic carboxylic acids is 1. The number of hydrogen-bond donors (Lipinski definition) is 2. The number of carboxylic acid groups (broad SMARTS) is 1. The average Bonchev–Trinajstić information content (AvgIpc) is 2.94. The summed E-state index contributed by atoms with van der Waals surface area (Å²) in [7, 11) is 0. The molecule has 0 fully saturated rings. The Morgan fingerprint density at radius 2 is 1.79 bits per heavy atom. The van der Waals surface area contributed by atoms with Gasteiger partial charge < -0.3 is 10.2 Å². The lowest BCUT2D eigenvalue weighted by Gasteiger charge is -2.20. The van der Waals surface area contributed by atoms with Gasteiger partial charge in [0.25, 0.3) is 5.91 Å². The predicted molar refractivity (Wildman–Crippen MR) is 104 cm³/mol. The van der Waals surface area contributed by atoms with Gasteiger partial charge in [0, 0.05) is 16.6 Å². The second kappa shape index (κ2) is 7.66. The molecule has 0 amide bonds. The first kappa shape index (κ1) is 20.5. The smallest absolute Gasteiger partial charge is 0.311 e. The predicted octanol–water partition coefficient (Wildman–Crippen LogP) is 4.84. The summed E-state index contributed by atoms with van der Waals surface area (Å²) in [6, 6.07) is 7.18. The number of halogens is 2. The van der Waals surface area contributed by atoms with Gasteiger partial charge in [-0.3, -0.25) is 14.2 Å². The van der Waals surface area contributed by atoms with Gasteiger partial charge in [-0.25, -0.2) is 8.78 Å². The summed E-state index contributed by atoms with van der Waals surface area (Å²) in [5.41, 5.74) is 1.13. The SMILES string of the molecule is CCC(C)[C@H](C(=O)O)c1c(C)n(C(=O)c2ccc(F)c(F)c2)c2ccc(O)cc12. The number of rotatable bonds is 5. The lowest BCUT2D eigenvalue weighted by molar-refractivity contribution is -0.140. The van der Waals surface area contributed by atoms with Gasteiger partial charge in [0.05, 0.1) is 11.4 Å². The molecule has 152 valence electrons. The van der Waals surface area contributed by atoms with Crippen LogP contribution >= 0.6 is 0 Å². The van der Waals surface area contributed by atoms with E-state index in [-0.39, 0.29) is 17.2 Å². The summed E-state index contributed by atoms with van der Waals surface area (Å²) in [5, 5.41) is 20.3. The first-order chi connectivity index (χ1) is 13.7. The molecule has 0 bridgehead atoms. The summed E-state index contributed by atoms with van der Waals surface area (Å²) in [5.74, 6) is -5.06. The Bertz CT molecular complexity index is 1120. The minimum absolute atomic E-state index is 0.0653. The minimum atomic E-state index is -1.15. The van der Waals surface area contributed by atoms with E-state index in [1.165, 1.54) is 28.8 Å². The van der Waals surface area contributed by atoms with Crippen LogP contribution < -0.4 is 0 Å². The molecule has 2 N–H and O–H groups in total. The average molecular weight is 401 g/mol. The van der Waals surface area contributed by atoms with Crippen LogP contribution in [0.15, 0.2) is 36.4 Å². The fraction of sp³-hybridized carbons (Fsp3) is 0.273. The maximum atomic E-state index is 13.7. The fourth-order valence-corrected chi connectivity index (χ4v) is 3.73. The number of carboxylic acids is 1. The first-order valence-corrected chi connectivity index (χ1v) is 9.23. The van der Waals surface area contributed by atoms with Crippen LogP contribution in [0.3, 0.4) is 0 Å². The Labute approximate surface area is 166 Å². The molecule has 1 unspecified atom stereocenters. The standard InChI is InChI=1S/C22H21F2NO4/c1-4-11(2)19(22(28)29)20-12(3)25(18-8-6-14(26)10-15(18)20)21(27)13-5-7-16(23)17(24)9-13/h5-11,19,26H,4H2,1-3H3,(H,28,29)/t11?,19-/m0/s1. The largest absolute Gasteiger partial charge is 0.508 e. The van der Waals surface area contributed by atoms with Crippen LogP contribution in [-0.4, -0.2) is 26.7 Å². The highest BCUT2D eigenvalue weighted by atomic mass is 19.2. The molecule has 0 saturated heterocycles.